The van der Waals surface area contributed by atoms with Crippen LogP contribution >= 0.6 is 0 Å². The molecule has 1 unspecified atom stereocenters. The van der Waals surface area contributed by atoms with E-state index >= 15 is 0 Å². The van der Waals surface area contributed by atoms with E-state index in [1.165, 1.54) is 11.0 Å². The van der Waals surface area contributed by atoms with E-state index in [-0.39, 0.29) is 26.0 Å². The van der Waals surface area contributed by atoms with E-state index in [2.05, 4.69) is 32.2 Å². The third-order valence-electron chi connectivity index (χ3n) is 11.0. The molecule has 3 aromatic rings. The number of pyridine rings is 1. The van der Waals surface area contributed by atoms with Gasteiger partial charge in [-0.25, -0.2) is 18.2 Å². The lowest BCUT2D eigenvalue weighted by atomic mass is 9.92. The number of cyclic esters (lactones) is 1. The van der Waals surface area contributed by atoms with Gasteiger partial charge in [-0.05, 0) is 66.8 Å². The molecule has 15 heteroatoms. The molecule has 54 heavy (non-hydrogen) atoms. The van der Waals surface area contributed by atoms with Gasteiger partial charge >= 0.3 is 6.09 Å². The first-order chi connectivity index (χ1) is 26.1. The molecule has 2 aromatic carbocycles. The number of carbonyl (C=O) groups is 4. The Morgan fingerprint density at radius 1 is 1.11 bits per heavy atom. The molecule has 2 aliphatic carbocycles. The normalized spacial score (nSPS) is 28.7. The van der Waals surface area contributed by atoms with E-state index in [1.807, 2.05) is 60.7 Å². The molecular weight excluding hydrogens is 713 g/mol. The fraction of sp³-hybridized carbons (Fsp3) is 0.410. The van der Waals surface area contributed by atoms with E-state index < -0.39 is 74.7 Å². The average Bonchev–Trinajstić information content (AvgIpc) is 4.06. The van der Waals surface area contributed by atoms with Crippen molar-refractivity contribution in [2.45, 2.75) is 73.4 Å². The third-order valence-corrected chi connectivity index (χ3v) is 12.8. The fourth-order valence-electron chi connectivity index (χ4n) is 7.78. The molecule has 0 radical (unpaired) electrons. The van der Waals surface area contributed by atoms with Crippen LogP contribution in [0.15, 0.2) is 73.5 Å². The number of alkyl carbamates (subject to hydrolysis) is 1. The molecule has 3 fully saturated rings. The summed E-state index contributed by atoms with van der Waals surface area (Å²) in [6.07, 6.45) is 7.94. The van der Waals surface area contributed by atoms with Gasteiger partial charge in [-0.1, -0.05) is 48.6 Å². The maximum Gasteiger partial charge on any atom is 0.407 e. The molecule has 4 amide bonds. The highest BCUT2D eigenvalue weighted by atomic mass is 32.2. The molecule has 0 spiro atoms. The number of anilines is 1. The number of ether oxygens (including phenoxy) is 2. The molecule has 5 aliphatic rings. The van der Waals surface area contributed by atoms with Crippen LogP contribution in [0.2, 0.25) is 0 Å². The molecular formula is C39H42N6O8S. The number of para-hydroxylation sites is 1. The number of rotatable bonds is 7. The number of fused-ring (bicyclic) bond motifs is 4. The summed E-state index contributed by atoms with van der Waals surface area (Å²) in [7, 11) is -3.91. The molecule has 4 N–H and O–H groups in total. The zero-order chi connectivity index (χ0) is 37.6. The molecule has 4 heterocycles. The molecule has 282 valence electrons. The van der Waals surface area contributed by atoms with Crippen LogP contribution < -0.4 is 25.4 Å². The third kappa shape index (κ3) is 6.88. The summed E-state index contributed by atoms with van der Waals surface area (Å²) in [6.45, 7) is 4.22. The van der Waals surface area contributed by atoms with Gasteiger partial charge in [0.05, 0.1) is 18.4 Å². The van der Waals surface area contributed by atoms with Crippen LogP contribution in [0.3, 0.4) is 0 Å². The number of amides is 4. The average molecular weight is 755 g/mol. The van der Waals surface area contributed by atoms with E-state index in [0.717, 1.165) is 27.6 Å². The van der Waals surface area contributed by atoms with Gasteiger partial charge in [-0.3, -0.25) is 19.1 Å². The van der Waals surface area contributed by atoms with Crippen LogP contribution in [0.25, 0.3) is 16.8 Å². The summed E-state index contributed by atoms with van der Waals surface area (Å²) in [4.78, 5) is 62.1. The number of nitrogens with zero attached hydrogens (tertiary/aromatic N) is 2. The second kappa shape index (κ2) is 14.1. The predicted molar refractivity (Wildman–Crippen MR) is 200 cm³/mol. The van der Waals surface area contributed by atoms with Crippen molar-refractivity contribution in [1.82, 2.24) is 25.2 Å². The number of hydrogen-bond donors (Lipinski definition) is 4. The predicted octanol–water partition coefficient (Wildman–Crippen LogP) is 3.36. The Morgan fingerprint density at radius 2 is 1.94 bits per heavy atom. The fourth-order valence-corrected chi connectivity index (χ4v) is 9.15. The van der Waals surface area contributed by atoms with Crippen molar-refractivity contribution in [3.05, 3.63) is 84.6 Å². The quantitative estimate of drug-likeness (QED) is 0.261. The maximum atomic E-state index is 14.9. The van der Waals surface area contributed by atoms with Crippen molar-refractivity contribution in [2.75, 3.05) is 25.0 Å². The Bertz CT molecular complexity index is 2170. The minimum absolute atomic E-state index is 0.0305. The first kappa shape index (κ1) is 35.6. The van der Waals surface area contributed by atoms with Gasteiger partial charge in [0.15, 0.2) is 0 Å². The van der Waals surface area contributed by atoms with E-state index in [1.54, 1.807) is 6.20 Å². The Balaban J connectivity index is 1.14. The SMILES string of the molecule is C=C[C@H]1C[C@]1(NC(=O)[C@@H]1C[C@@H]2CN1C(=O)[C@H](C1CNc3ccccc31)NC(=O)OCCC/C=C/c1ccc3ccnc(c3c1)O2)C(=O)NS(=O)(=O)C1CC1. The van der Waals surface area contributed by atoms with Gasteiger partial charge in [0.2, 0.25) is 27.7 Å². The zero-order valence-corrected chi connectivity index (χ0v) is 30.3. The van der Waals surface area contributed by atoms with Crippen molar-refractivity contribution in [1.29, 1.82) is 0 Å². The smallest absolute Gasteiger partial charge is 0.407 e. The zero-order valence-electron chi connectivity index (χ0n) is 29.5. The Morgan fingerprint density at radius 3 is 2.74 bits per heavy atom. The van der Waals surface area contributed by atoms with Gasteiger partial charge in [-0.2, -0.15) is 0 Å². The van der Waals surface area contributed by atoms with Crippen LogP contribution in [-0.4, -0.2) is 90.8 Å². The highest BCUT2D eigenvalue weighted by molar-refractivity contribution is 7.91. The second-order valence-corrected chi connectivity index (χ2v) is 16.6. The molecule has 1 aromatic heterocycles. The lowest BCUT2D eigenvalue weighted by molar-refractivity contribution is -0.141. The molecule has 2 saturated carbocycles. The van der Waals surface area contributed by atoms with E-state index in [4.69, 9.17) is 9.47 Å². The van der Waals surface area contributed by atoms with Crippen molar-refractivity contribution >= 4 is 56.4 Å². The van der Waals surface area contributed by atoms with Crippen LogP contribution in [0.5, 0.6) is 5.88 Å². The largest absolute Gasteiger partial charge is 0.472 e. The Hall–Kier alpha value is -5.44. The van der Waals surface area contributed by atoms with Crippen molar-refractivity contribution in [3.8, 4) is 5.88 Å². The molecule has 3 aliphatic heterocycles. The van der Waals surface area contributed by atoms with Crippen molar-refractivity contribution in [2.24, 2.45) is 5.92 Å². The van der Waals surface area contributed by atoms with E-state index in [9.17, 15) is 27.6 Å². The number of sulfonamides is 1. The number of carbonyl (C=O) groups excluding carboxylic acids is 4. The standard InChI is InChI=1S/C39H42N6O8S/c1-2-25-20-39(25,37(48)44-54(50,51)27-13-14-27)43-34(46)32-19-26-22-45(32)36(47)33(30-21-41-31-10-6-5-9-28(30)31)42-38(49)52-17-7-3-4-8-23-11-12-24-15-16-40-35(53-26)29(24)18-23/h2,4-6,8-12,15-16,18,25-27,30,32-33,41H,1,3,7,13-14,17,19-22H2,(H,42,49)(H,43,46)(H,44,48)/b8-4+/t25-,26+,30?,32-,33-,39+/m0/s1. The summed E-state index contributed by atoms with van der Waals surface area (Å²) in [5.74, 6) is -2.73. The van der Waals surface area contributed by atoms with Crippen LogP contribution in [0.4, 0.5) is 10.5 Å². The van der Waals surface area contributed by atoms with Gasteiger partial charge in [0.1, 0.15) is 23.7 Å². The van der Waals surface area contributed by atoms with Gasteiger partial charge in [0, 0.05) is 42.1 Å². The highest BCUT2D eigenvalue weighted by Gasteiger charge is 2.62. The lowest BCUT2D eigenvalue weighted by Crippen LogP contribution is -2.59. The molecule has 4 bridgehead atoms. The number of aromatic nitrogens is 1. The van der Waals surface area contributed by atoms with Crippen LogP contribution in [-0.2, 0) is 29.1 Å². The first-order valence-electron chi connectivity index (χ1n) is 18.4. The van der Waals surface area contributed by atoms with Gasteiger partial charge < -0.3 is 30.3 Å². The van der Waals surface area contributed by atoms with E-state index in [0.29, 0.717) is 38.1 Å². The van der Waals surface area contributed by atoms with Crippen LogP contribution in [0.1, 0.15) is 55.6 Å². The monoisotopic (exact) mass is 754 g/mol. The maximum absolute atomic E-state index is 14.9. The molecule has 8 rings (SSSR count). The van der Waals surface area contributed by atoms with Gasteiger partial charge in [-0.15, -0.1) is 6.58 Å². The number of allylic oxidation sites excluding steroid dienone is 1. The molecule has 14 nitrogen and oxygen atoms in total. The number of benzene rings is 2. The first-order valence-corrected chi connectivity index (χ1v) is 19.9. The number of nitrogens with one attached hydrogen (secondary N) is 4. The summed E-state index contributed by atoms with van der Waals surface area (Å²) >= 11 is 0. The minimum Gasteiger partial charge on any atom is -0.472 e. The van der Waals surface area contributed by atoms with Crippen molar-refractivity contribution in [3.63, 3.8) is 0 Å². The molecule has 6 atom stereocenters. The summed E-state index contributed by atoms with van der Waals surface area (Å²) < 4.78 is 39.7. The topological polar surface area (TPSA) is 185 Å². The lowest BCUT2D eigenvalue weighted by Gasteiger charge is -2.32. The summed E-state index contributed by atoms with van der Waals surface area (Å²) in [5, 5.41) is 9.96. The number of hydrogen-bond acceptors (Lipinski definition) is 10. The van der Waals surface area contributed by atoms with Gasteiger partial charge in [0.25, 0.3) is 5.91 Å². The van der Waals surface area contributed by atoms with Crippen LogP contribution in [0, 0.1) is 5.92 Å². The highest BCUT2D eigenvalue weighted by Crippen LogP contribution is 2.46. The Labute approximate surface area is 312 Å². The minimum atomic E-state index is -3.91. The molecule has 1 saturated heterocycles. The summed E-state index contributed by atoms with van der Waals surface area (Å²) in [6, 6.07) is 13.0. The van der Waals surface area contributed by atoms with Crippen molar-refractivity contribution < 1.29 is 37.1 Å². The Kier molecular flexibility index (Phi) is 9.28. The second-order valence-electron chi connectivity index (χ2n) is 14.6. The summed E-state index contributed by atoms with van der Waals surface area (Å²) in [5.41, 5.74) is 1.01.